The number of nitrogen functional groups attached to an aromatic ring is 1. The zero-order valence-corrected chi connectivity index (χ0v) is 9.89. The van der Waals surface area contributed by atoms with Crippen LogP contribution in [0.1, 0.15) is 18.1 Å². The summed E-state index contributed by atoms with van der Waals surface area (Å²) in [6.07, 6.45) is 0. The maximum absolute atomic E-state index is 11.0. The van der Waals surface area contributed by atoms with Crippen molar-refractivity contribution in [3.63, 3.8) is 0 Å². The molecule has 1 rings (SSSR count). The molecule has 16 heavy (non-hydrogen) atoms. The molecule has 0 aliphatic carbocycles. The predicted octanol–water partition coefficient (Wildman–Crippen LogP) is 2.15. The quantitative estimate of drug-likeness (QED) is 0.463. The largest absolute Gasteiger partial charge is 0.456 e. The molecule has 0 unspecified atom stereocenters. The van der Waals surface area contributed by atoms with Crippen molar-refractivity contribution >= 4 is 23.3 Å². The van der Waals surface area contributed by atoms with E-state index in [0.717, 1.165) is 5.56 Å². The Balaban J connectivity index is 2.97. The molecule has 4 heteroatoms. The lowest BCUT2D eigenvalue weighted by molar-refractivity contribution is -0.136. The van der Waals surface area contributed by atoms with Crippen LogP contribution in [-0.2, 0) is 9.53 Å². The second-order valence-corrected chi connectivity index (χ2v) is 3.57. The summed E-state index contributed by atoms with van der Waals surface area (Å²) in [6.45, 7) is 3.88. The van der Waals surface area contributed by atoms with Crippen molar-refractivity contribution in [1.29, 1.82) is 0 Å². The highest BCUT2D eigenvalue weighted by Gasteiger charge is 2.02. The molecule has 0 aliphatic heterocycles. The fourth-order valence-electron chi connectivity index (χ4n) is 1.08. The first-order valence-electron chi connectivity index (χ1n) is 4.79. The lowest BCUT2D eigenvalue weighted by atomic mass is 10.1. The van der Waals surface area contributed by atoms with E-state index in [2.05, 4.69) is 16.6 Å². The van der Waals surface area contributed by atoms with Gasteiger partial charge in [-0.3, -0.25) is 0 Å². The molecule has 1 aromatic carbocycles. The molecule has 0 amide bonds. The number of hydrogen-bond donors (Lipinski definition) is 1. The second kappa shape index (κ2) is 5.43. The van der Waals surface area contributed by atoms with Gasteiger partial charge in [-0.05, 0) is 31.5 Å². The highest BCUT2D eigenvalue weighted by Crippen LogP contribution is 2.21. The number of ether oxygens (including phenoxy) is 1. The highest BCUT2D eigenvalue weighted by atomic mass is 35.5. The van der Waals surface area contributed by atoms with Gasteiger partial charge in [0.05, 0.1) is 11.6 Å². The first kappa shape index (κ1) is 12.4. The lowest BCUT2D eigenvalue weighted by Gasteiger charge is -2.02. The first-order valence-corrected chi connectivity index (χ1v) is 5.16. The number of carbonyl (C=O) groups excluding carboxylic acids is 1. The molecule has 1 aromatic rings. The van der Waals surface area contributed by atoms with Gasteiger partial charge in [0.15, 0.2) is 0 Å². The molecule has 0 aromatic heterocycles. The maximum Gasteiger partial charge on any atom is 0.384 e. The van der Waals surface area contributed by atoms with Crippen LogP contribution in [0.4, 0.5) is 5.69 Å². The van der Waals surface area contributed by atoms with Crippen molar-refractivity contribution in [2.45, 2.75) is 13.8 Å². The lowest BCUT2D eigenvalue weighted by Crippen LogP contribution is -1.99. The topological polar surface area (TPSA) is 52.3 Å². The van der Waals surface area contributed by atoms with Crippen molar-refractivity contribution in [2.75, 3.05) is 12.3 Å². The number of rotatable bonds is 1. The summed E-state index contributed by atoms with van der Waals surface area (Å²) in [5.74, 6) is 4.44. The molecule has 0 aliphatic rings. The number of esters is 1. The van der Waals surface area contributed by atoms with Gasteiger partial charge in [0.2, 0.25) is 0 Å². The summed E-state index contributed by atoms with van der Waals surface area (Å²) >= 11 is 5.93. The van der Waals surface area contributed by atoms with E-state index in [1.54, 1.807) is 19.1 Å². The highest BCUT2D eigenvalue weighted by molar-refractivity contribution is 6.32. The molecule has 0 bridgehead atoms. The Hall–Kier alpha value is -1.66. The van der Waals surface area contributed by atoms with Crippen molar-refractivity contribution in [3.05, 3.63) is 28.3 Å². The van der Waals surface area contributed by atoms with E-state index in [1.807, 2.05) is 6.92 Å². The molecular weight excluding hydrogens is 226 g/mol. The van der Waals surface area contributed by atoms with Crippen molar-refractivity contribution in [2.24, 2.45) is 0 Å². The molecule has 0 saturated carbocycles. The molecule has 3 nitrogen and oxygen atoms in total. The molecule has 2 N–H and O–H groups in total. The van der Waals surface area contributed by atoms with Crippen LogP contribution in [0.2, 0.25) is 5.02 Å². The number of hydrogen-bond acceptors (Lipinski definition) is 3. The third-order valence-corrected chi connectivity index (χ3v) is 2.24. The first-order chi connectivity index (χ1) is 7.54. The Kier molecular flexibility index (Phi) is 4.21. The number of carbonyl (C=O) groups is 1. The van der Waals surface area contributed by atoms with Crippen LogP contribution in [0.5, 0.6) is 0 Å². The number of halogens is 1. The van der Waals surface area contributed by atoms with Gasteiger partial charge in [-0.25, -0.2) is 4.79 Å². The SMILES string of the molecule is CCOC(=O)C#Cc1cc(C)c(N)cc1Cl. The van der Waals surface area contributed by atoms with E-state index in [1.165, 1.54) is 0 Å². The third kappa shape index (κ3) is 3.18. The Labute approximate surface area is 99.5 Å². The Morgan fingerprint density at radius 1 is 1.56 bits per heavy atom. The minimum absolute atomic E-state index is 0.308. The summed E-state index contributed by atoms with van der Waals surface area (Å²) in [5.41, 5.74) is 7.72. The molecular formula is C12H12ClNO2. The van der Waals surface area contributed by atoms with Gasteiger partial charge in [-0.15, -0.1) is 0 Å². The average Bonchev–Trinajstić information content (AvgIpc) is 2.22. The second-order valence-electron chi connectivity index (χ2n) is 3.16. The zero-order valence-electron chi connectivity index (χ0n) is 9.13. The van der Waals surface area contributed by atoms with Gasteiger partial charge < -0.3 is 10.5 Å². The zero-order chi connectivity index (χ0) is 12.1. The standard InChI is InChI=1S/C12H12ClNO2/c1-3-16-12(15)5-4-9-6-8(2)11(14)7-10(9)13/h6-7H,3,14H2,1-2H3. The summed E-state index contributed by atoms with van der Waals surface area (Å²) in [5, 5.41) is 0.430. The van der Waals surface area contributed by atoms with Crippen molar-refractivity contribution in [3.8, 4) is 11.8 Å². The van der Waals surface area contributed by atoms with Gasteiger partial charge in [-0.1, -0.05) is 17.5 Å². The smallest absolute Gasteiger partial charge is 0.384 e. The average molecular weight is 238 g/mol. The number of anilines is 1. The molecule has 0 radical (unpaired) electrons. The minimum Gasteiger partial charge on any atom is -0.456 e. The van der Waals surface area contributed by atoms with Crippen LogP contribution in [0.15, 0.2) is 12.1 Å². The third-order valence-electron chi connectivity index (χ3n) is 1.93. The summed E-state index contributed by atoms with van der Waals surface area (Å²) in [7, 11) is 0. The van der Waals surface area contributed by atoms with E-state index in [9.17, 15) is 4.79 Å². The van der Waals surface area contributed by atoms with Gasteiger partial charge in [0, 0.05) is 17.2 Å². The Bertz CT molecular complexity index is 472. The van der Waals surface area contributed by atoms with E-state index in [-0.39, 0.29) is 0 Å². The minimum atomic E-state index is -0.562. The molecule has 0 fully saturated rings. The fraction of sp³-hybridized carbons (Fsp3) is 0.250. The Morgan fingerprint density at radius 2 is 2.25 bits per heavy atom. The van der Waals surface area contributed by atoms with Gasteiger partial charge in [0.1, 0.15) is 0 Å². The fourth-order valence-corrected chi connectivity index (χ4v) is 1.30. The number of benzene rings is 1. The van der Waals surface area contributed by atoms with E-state index in [4.69, 9.17) is 17.3 Å². The van der Waals surface area contributed by atoms with Crippen LogP contribution in [0.3, 0.4) is 0 Å². The van der Waals surface area contributed by atoms with E-state index >= 15 is 0 Å². The van der Waals surface area contributed by atoms with Crippen LogP contribution < -0.4 is 5.73 Å². The normalized spacial score (nSPS) is 9.19. The molecule has 84 valence electrons. The monoisotopic (exact) mass is 237 g/mol. The number of aryl methyl sites for hydroxylation is 1. The molecule has 0 saturated heterocycles. The van der Waals surface area contributed by atoms with Gasteiger partial charge in [-0.2, -0.15) is 0 Å². The van der Waals surface area contributed by atoms with Crippen molar-refractivity contribution < 1.29 is 9.53 Å². The Morgan fingerprint density at radius 3 is 2.88 bits per heavy atom. The van der Waals surface area contributed by atoms with Crippen LogP contribution in [-0.4, -0.2) is 12.6 Å². The predicted molar refractivity (Wildman–Crippen MR) is 64.1 cm³/mol. The molecule has 0 atom stereocenters. The van der Waals surface area contributed by atoms with Crippen LogP contribution in [0.25, 0.3) is 0 Å². The summed E-state index contributed by atoms with van der Waals surface area (Å²) in [4.78, 5) is 11.0. The van der Waals surface area contributed by atoms with E-state index < -0.39 is 5.97 Å². The van der Waals surface area contributed by atoms with Gasteiger partial charge >= 0.3 is 5.97 Å². The summed E-state index contributed by atoms with van der Waals surface area (Å²) < 4.78 is 4.68. The number of nitrogens with two attached hydrogens (primary N) is 1. The van der Waals surface area contributed by atoms with Crippen molar-refractivity contribution in [1.82, 2.24) is 0 Å². The maximum atomic E-state index is 11.0. The van der Waals surface area contributed by atoms with Gasteiger partial charge in [0.25, 0.3) is 0 Å². The molecule has 0 spiro atoms. The molecule has 0 heterocycles. The van der Waals surface area contributed by atoms with Crippen LogP contribution >= 0.6 is 11.6 Å². The van der Waals surface area contributed by atoms with E-state index in [0.29, 0.717) is 22.9 Å². The summed E-state index contributed by atoms with van der Waals surface area (Å²) in [6, 6.07) is 3.36. The van der Waals surface area contributed by atoms with Crippen LogP contribution in [0, 0.1) is 18.8 Å².